The topological polar surface area (TPSA) is 29.5 Å². The second-order valence-corrected chi connectivity index (χ2v) is 1.96. The largest absolute Gasteiger partial charge is 0.389 e. The van der Waals surface area contributed by atoms with E-state index in [1.807, 2.05) is 6.08 Å². The van der Waals surface area contributed by atoms with Crippen LogP contribution in [0, 0.1) is 0 Å². The molecule has 0 fully saturated rings. The van der Waals surface area contributed by atoms with Gasteiger partial charge in [0.1, 0.15) is 0 Å². The number of ether oxygens (including phenoxy) is 1. The van der Waals surface area contributed by atoms with Crippen molar-refractivity contribution >= 4 is 0 Å². The second-order valence-electron chi connectivity index (χ2n) is 1.96. The van der Waals surface area contributed by atoms with Crippen molar-refractivity contribution in [1.29, 1.82) is 0 Å². The van der Waals surface area contributed by atoms with E-state index in [-0.39, 0.29) is 12.2 Å². The van der Waals surface area contributed by atoms with Gasteiger partial charge in [0.15, 0.2) is 0 Å². The fourth-order valence-electron chi connectivity index (χ4n) is 0.822. The monoisotopic (exact) mass is 114 g/mol. The van der Waals surface area contributed by atoms with Crippen LogP contribution in [0.3, 0.4) is 0 Å². The molecule has 0 radical (unpaired) electrons. The smallest absolute Gasteiger partial charge is 0.0780 e. The lowest BCUT2D eigenvalue weighted by atomic mass is 10.3. The Bertz CT molecular complexity index is 98.7. The molecule has 46 valence electrons. The molecule has 1 aliphatic carbocycles. The van der Waals surface area contributed by atoms with Crippen LogP contribution in [0.5, 0.6) is 0 Å². The zero-order valence-corrected chi connectivity index (χ0v) is 4.87. The van der Waals surface area contributed by atoms with Crippen molar-refractivity contribution < 1.29 is 9.84 Å². The molecular formula is C6H10O2. The summed E-state index contributed by atoms with van der Waals surface area (Å²) < 4.78 is 4.93. The zero-order chi connectivity index (χ0) is 5.98. The Balaban J connectivity index is 2.34. The number of aliphatic hydroxyl groups is 1. The molecule has 1 aliphatic rings. The highest BCUT2D eigenvalue weighted by Gasteiger charge is 2.14. The number of hydrogen-bond acceptors (Lipinski definition) is 2. The molecule has 0 saturated carbocycles. The molecule has 2 heteroatoms. The van der Waals surface area contributed by atoms with Gasteiger partial charge in [-0.3, -0.25) is 0 Å². The second kappa shape index (κ2) is 2.29. The minimum absolute atomic E-state index is 0.144. The Morgan fingerprint density at radius 2 is 2.38 bits per heavy atom. The van der Waals surface area contributed by atoms with E-state index in [1.165, 1.54) is 0 Å². The van der Waals surface area contributed by atoms with E-state index in [1.54, 1.807) is 13.2 Å². The van der Waals surface area contributed by atoms with E-state index in [0.717, 1.165) is 6.42 Å². The van der Waals surface area contributed by atoms with Crippen molar-refractivity contribution in [2.24, 2.45) is 0 Å². The van der Waals surface area contributed by atoms with Crippen molar-refractivity contribution in [2.75, 3.05) is 7.11 Å². The highest BCUT2D eigenvalue weighted by Crippen LogP contribution is 2.11. The quantitative estimate of drug-likeness (QED) is 0.497. The van der Waals surface area contributed by atoms with E-state index < -0.39 is 0 Å². The van der Waals surface area contributed by atoms with Crippen LogP contribution in [0.1, 0.15) is 6.42 Å². The third kappa shape index (κ3) is 1.08. The molecule has 8 heavy (non-hydrogen) atoms. The summed E-state index contributed by atoms with van der Waals surface area (Å²) in [6, 6.07) is 0. The predicted molar refractivity (Wildman–Crippen MR) is 30.6 cm³/mol. The van der Waals surface area contributed by atoms with Gasteiger partial charge in [-0.2, -0.15) is 0 Å². The van der Waals surface area contributed by atoms with Gasteiger partial charge in [0.25, 0.3) is 0 Å². The molecular weight excluding hydrogens is 104 g/mol. The maximum absolute atomic E-state index is 8.86. The van der Waals surface area contributed by atoms with Gasteiger partial charge in [0.05, 0.1) is 12.2 Å². The first-order valence-electron chi connectivity index (χ1n) is 2.72. The third-order valence-electron chi connectivity index (χ3n) is 1.32. The fourth-order valence-corrected chi connectivity index (χ4v) is 0.822. The highest BCUT2D eigenvalue weighted by atomic mass is 16.5. The van der Waals surface area contributed by atoms with Crippen LogP contribution in [-0.4, -0.2) is 24.4 Å². The predicted octanol–water partition coefficient (Wildman–Crippen LogP) is 0.322. The molecule has 0 aromatic heterocycles. The molecule has 0 amide bonds. The van der Waals surface area contributed by atoms with Crippen LogP contribution in [0.15, 0.2) is 12.2 Å². The maximum atomic E-state index is 8.86. The molecule has 1 rings (SSSR count). The number of hydrogen-bond donors (Lipinski definition) is 1. The molecule has 0 heterocycles. The summed E-state index contributed by atoms with van der Waals surface area (Å²) in [5.74, 6) is 0. The summed E-state index contributed by atoms with van der Waals surface area (Å²) in [5, 5.41) is 8.86. The van der Waals surface area contributed by atoms with Gasteiger partial charge >= 0.3 is 0 Å². The van der Waals surface area contributed by atoms with Crippen LogP contribution in [-0.2, 0) is 4.74 Å². The van der Waals surface area contributed by atoms with Crippen molar-refractivity contribution in [2.45, 2.75) is 18.6 Å². The third-order valence-corrected chi connectivity index (χ3v) is 1.32. The average molecular weight is 114 g/mol. The van der Waals surface area contributed by atoms with E-state index >= 15 is 0 Å². The van der Waals surface area contributed by atoms with Crippen molar-refractivity contribution in [1.82, 2.24) is 0 Å². The first-order chi connectivity index (χ1) is 3.83. The van der Waals surface area contributed by atoms with Crippen molar-refractivity contribution in [3.63, 3.8) is 0 Å². The van der Waals surface area contributed by atoms with E-state index in [9.17, 15) is 0 Å². The van der Waals surface area contributed by atoms with Gasteiger partial charge in [-0.05, 0) is 0 Å². The molecule has 2 atom stereocenters. The first-order valence-corrected chi connectivity index (χ1v) is 2.72. The Morgan fingerprint density at radius 1 is 1.62 bits per heavy atom. The highest BCUT2D eigenvalue weighted by molar-refractivity contribution is 5.03. The van der Waals surface area contributed by atoms with Crippen molar-refractivity contribution in [3.8, 4) is 0 Å². The molecule has 0 aliphatic heterocycles. The summed E-state index contributed by atoms with van der Waals surface area (Å²) in [6.45, 7) is 0. The summed E-state index contributed by atoms with van der Waals surface area (Å²) in [4.78, 5) is 0. The lowest BCUT2D eigenvalue weighted by Gasteiger charge is -2.03. The molecule has 2 nitrogen and oxygen atoms in total. The molecule has 0 saturated heterocycles. The van der Waals surface area contributed by atoms with Gasteiger partial charge in [0, 0.05) is 13.5 Å². The van der Waals surface area contributed by atoms with Gasteiger partial charge in [-0.1, -0.05) is 12.2 Å². The summed E-state index contributed by atoms with van der Waals surface area (Å²) in [7, 11) is 1.65. The first kappa shape index (κ1) is 5.79. The molecule has 0 aromatic carbocycles. The van der Waals surface area contributed by atoms with Crippen molar-refractivity contribution in [3.05, 3.63) is 12.2 Å². The molecule has 0 aromatic rings. The summed E-state index contributed by atoms with van der Waals surface area (Å²) in [5.41, 5.74) is 0. The van der Waals surface area contributed by atoms with Gasteiger partial charge in [-0.25, -0.2) is 0 Å². The standard InChI is InChI=1S/C6H10O2/c1-8-6-3-2-5(7)4-6/h2-3,5-7H,4H2,1H3/t5-,6-/m0/s1. The molecule has 0 bridgehead atoms. The Labute approximate surface area is 48.8 Å². The number of aliphatic hydroxyl groups excluding tert-OH is 1. The summed E-state index contributed by atoms with van der Waals surface area (Å²) in [6.07, 6.45) is 4.22. The lowest BCUT2D eigenvalue weighted by molar-refractivity contribution is 0.106. The Kier molecular flexibility index (Phi) is 1.65. The van der Waals surface area contributed by atoms with Gasteiger partial charge in [0.2, 0.25) is 0 Å². The van der Waals surface area contributed by atoms with Gasteiger partial charge < -0.3 is 9.84 Å². The maximum Gasteiger partial charge on any atom is 0.0780 e. The molecule has 0 spiro atoms. The Hall–Kier alpha value is -0.340. The van der Waals surface area contributed by atoms with E-state index in [4.69, 9.17) is 9.84 Å². The van der Waals surface area contributed by atoms with Crippen LogP contribution in [0.4, 0.5) is 0 Å². The number of methoxy groups -OCH3 is 1. The van der Waals surface area contributed by atoms with E-state index in [0.29, 0.717) is 0 Å². The lowest BCUT2D eigenvalue weighted by Crippen LogP contribution is -2.07. The minimum atomic E-state index is -0.278. The molecule has 1 N–H and O–H groups in total. The molecule has 0 unspecified atom stereocenters. The summed E-state index contributed by atoms with van der Waals surface area (Å²) >= 11 is 0. The SMILES string of the molecule is CO[C@H]1C=C[C@H](O)C1. The number of rotatable bonds is 1. The van der Waals surface area contributed by atoms with E-state index in [2.05, 4.69) is 0 Å². The normalized spacial score (nSPS) is 36.2. The minimum Gasteiger partial charge on any atom is -0.389 e. The Morgan fingerprint density at radius 3 is 2.62 bits per heavy atom. The zero-order valence-electron chi connectivity index (χ0n) is 4.87. The van der Waals surface area contributed by atoms with Crippen LogP contribution in [0.2, 0.25) is 0 Å². The van der Waals surface area contributed by atoms with Crippen LogP contribution >= 0.6 is 0 Å². The van der Waals surface area contributed by atoms with Crippen LogP contribution < -0.4 is 0 Å². The van der Waals surface area contributed by atoms with Gasteiger partial charge in [-0.15, -0.1) is 0 Å². The fraction of sp³-hybridized carbons (Fsp3) is 0.667. The average Bonchev–Trinajstić information content (AvgIpc) is 2.14. The van der Waals surface area contributed by atoms with Crippen LogP contribution in [0.25, 0.3) is 0 Å².